The van der Waals surface area contributed by atoms with Crippen molar-refractivity contribution in [3.05, 3.63) is 82.0 Å². The zero-order chi connectivity index (χ0) is 18.0. The van der Waals surface area contributed by atoms with Gasteiger partial charge in [-0.05, 0) is 53.9 Å². The van der Waals surface area contributed by atoms with Gasteiger partial charge >= 0.3 is 0 Å². The summed E-state index contributed by atoms with van der Waals surface area (Å²) in [7, 11) is 0. The molecule has 128 valence electrons. The van der Waals surface area contributed by atoms with Crippen molar-refractivity contribution in [1.29, 1.82) is 0 Å². The van der Waals surface area contributed by atoms with Gasteiger partial charge in [0.1, 0.15) is 5.82 Å². The van der Waals surface area contributed by atoms with Crippen LogP contribution in [-0.4, -0.2) is 4.98 Å². The molecule has 0 spiro atoms. The third kappa shape index (κ3) is 3.72. The molecular weight excluding hydrogens is 344 g/mol. The molecule has 0 atom stereocenters. The second-order valence-electron chi connectivity index (χ2n) is 5.68. The van der Waals surface area contributed by atoms with E-state index in [0.29, 0.717) is 22.7 Å². The molecule has 6 heteroatoms. The number of pyridine rings is 1. The van der Waals surface area contributed by atoms with E-state index in [0.717, 1.165) is 16.8 Å². The van der Waals surface area contributed by atoms with Gasteiger partial charge in [-0.15, -0.1) is 0 Å². The summed E-state index contributed by atoms with van der Waals surface area (Å²) in [6, 6.07) is 11.6. The fraction of sp³-hybridized carbons (Fsp3) is 0.105. The summed E-state index contributed by atoms with van der Waals surface area (Å²) in [5.74, 6) is -1.07. The minimum absolute atomic E-state index is 0.118. The average Bonchev–Trinajstić information content (AvgIpc) is 2.57. The van der Waals surface area contributed by atoms with Crippen LogP contribution < -0.4 is 11.1 Å². The van der Waals surface area contributed by atoms with Gasteiger partial charge in [-0.1, -0.05) is 23.7 Å². The summed E-state index contributed by atoms with van der Waals surface area (Å²) in [5, 5.41) is 3.39. The van der Waals surface area contributed by atoms with Crippen LogP contribution >= 0.6 is 11.6 Å². The summed E-state index contributed by atoms with van der Waals surface area (Å²) in [4.78, 5) is 3.73. The van der Waals surface area contributed by atoms with E-state index in [-0.39, 0.29) is 5.82 Å². The lowest BCUT2D eigenvalue weighted by Crippen LogP contribution is -2.03. The molecule has 3 nitrogen and oxygen atoms in total. The monoisotopic (exact) mass is 359 g/mol. The number of halogens is 3. The molecule has 2 aromatic carbocycles. The number of nitrogens with two attached hydrogens (primary N) is 1. The highest BCUT2D eigenvalue weighted by Gasteiger charge is 2.11. The largest absolute Gasteiger partial charge is 0.381 e. The van der Waals surface area contributed by atoms with Crippen molar-refractivity contribution < 1.29 is 8.78 Å². The van der Waals surface area contributed by atoms with Crippen molar-refractivity contribution in [3.8, 4) is 0 Å². The van der Waals surface area contributed by atoms with Crippen LogP contribution in [0.1, 0.15) is 16.7 Å². The predicted octanol–water partition coefficient (Wildman–Crippen LogP) is 5.24. The van der Waals surface area contributed by atoms with Crippen molar-refractivity contribution in [2.75, 3.05) is 11.1 Å². The lowest BCUT2D eigenvalue weighted by Gasteiger charge is -2.14. The maximum absolute atomic E-state index is 14.1. The molecule has 0 aliphatic carbocycles. The molecule has 0 aliphatic rings. The van der Waals surface area contributed by atoms with Gasteiger partial charge < -0.3 is 11.1 Å². The van der Waals surface area contributed by atoms with Crippen LogP contribution in [0.15, 0.2) is 48.7 Å². The van der Waals surface area contributed by atoms with Crippen molar-refractivity contribution in [2.45, 2.75) is 13.3 Å². The van der Waals surface area contributed by atoms with Gasteiger partial charge in [-0.3, -0.25) is 0 Å². The third-order valence-electron chi connectivity index (χ3n) is 4.02. The highest BCUT2D eigenvalue weighted by Crippen LogP contribution is 2.28. The minimum Gasteiger partial charge on any atom is -0.381 e. The molecule has 0 aliphatic heterocycles. The summed E-state index contributed by atoms with van der Waals surface area (Å²) in [6.45, 7) is 1.90. The van der Waals surface area contributed by atoms with Crippen molar-refractivity contribution >= 4 is 28.8 Å². The summed E-state index contributed by atoms with van der Waals surface area (Å²) in [5.41, 5.74) is 8.85. The molecule has 1 heterocycles. The van der Waals surface area contributed by atoms with Crippen LogP contribution in [0.2, 0.25) is 5.02 Å². The Bertz CT molecular complexity index is 929. The maximum Gasteiger partial charge on any atom is 0.168 e. The zero-order valence-corrected chi connectivity index (χ0v) is 14.2. The molecule has 0 radical (unpaired) electrons. The Morgan fingerprint density at radius 2 is 1.88 bits per heavy atom. The molecule has 0 saturated heterocycles. The second kappa shape index (κ2) is 7.07. The van der Waals surface area contributed by atoms with E-state index >= 15 is 0 Å². The number of nitrogens with one attached hydrogen (secondary N) is 1. The quantitative estimate of drug-likeness (QED) is 0.670. The molecule has 0 fully saturated rings. The van der Waals surface area contributed by atoms with Crippen LogP contribution in [0.4, 0.5) is 26.0 Å². The van der Waals surface area contributed by atoms with Crippen LogP contribution in [0.5, 0.6) is 0 Å². The highest BCUT2D eigenvalue weighted by molar-refractivity contribution is 6.30. The van der Waals surface area contributed by atoms with Gasteiger partial charge in [0.15, 0.2) is 11.6 Å². The van der Waals surface area contributed by atoms with Gasteiger partial charge in [-0.25, -0.2) is 13.8 Å². The van der Waals surface area contributed by atoms with Crippen LogP contribution in [-0.2, 0) is 6.42 Å². The van der Waals surface area contributed by atoms with E-state index in [9.17, 15) is 8.78 Å². The number of benzene rings is 2. The van der Waals surface area contributed by atoms with Gasteiger partial charge in [0.25, 0.3) is 0 Å². The first kappa shape index (κ1) is 17.2. The fourth-order valence-corrected chi connectivity index (χ4v) is 2.75. The van der Waals surface area contributed by atoms with E-state index in [4.69, 9.17) is 17.3 Å². The standard InChI is InChI=1S/C19H16ClF2N3/c1-11-12(9-13-7-8-24-19(23)18(13)22)3-2-4-16(11)25-17-6-5-14(20)10-15(17)21/h2-8,10,25H,9H2,1H3,(H2,23,24). The molecule has 3 rings (SSSR count). The summed E-state index contributed by atoms with van der Waals surface area (Å²) in [6.07, 6.45) is 1.84. The summed E-state index contributed by atoms with van der Waals surface area (Å²) < 4.78 is 28.1. The molecule has 25 heavy (non-hydrogen) atoms. The Balaban J connectivity index is 1.91. The number of anilines is 3. The van der Waals surface area contributed by atoms with Crippen LogP contribution in [0, 0.1) is 18.6 Å². The number of hydrogen-bond donors (Lipinski definition) is 2. The van der Waals surface area contributed by atoms with E-state index in [1.165, 1.54) is 12.3 Å². The first-order valence-corrected chi connectivity index (χ1v) is 8.03. The molecule has 3 N–H and O–H groups in total. The summed E-state index contributed by atoms with van der Waals surface area (Å²) >= 11 is 5.78. The Morgan fingerprint density at radius 3 is 2.64 bits per heavy atom. The molecule has 1 aromatic heterocycles. The lowest BCUT2D eigenvalue weighted by atomic mass is 9.99. The number of rotatable bonds is 4. The molecule has 3 aromatic rings. The van der Waals surface area contributed by atoms with Gasteiger partial charge in [0, 0.05) is 23.3 Å². The van der Waals surface area contributed by atoms with Crippen molar-refractivity contribution in [3.63, 3.8) is 0 Å². The van der Waals surface area contributed by atoms with Gasteiger partial charge in [-0.2, -0.15) is 0 Å². The maximum atomic E-state index is 14.1. The Hall–Kier alpha value is -2.66. The van der Waals surface area contributed by atoms with Gasteiger partial charge in [0.2, 0.25) is 0 Å². The molecular formula is C19H16ClF2N3. The fourth-order valence-electron chi connectivity index (χ4n) is 2.59. The normalized spacial score (nSPS) is 10.7. The first-order valence-electron chi connectivity index (χ1n) is 7.65. The average molecular weight is 360 g/mol. The molecule has 0 bridgehead atoms. The SMILES string of the molecule is Cc1c(Cc2ccnc(N)c2F)cccc1Nc1ccc(Cl)cc1F. The number of hydrogen-bond acceptors (Lipinski definition) is 3. The second-order valence-corrected chi connectivity index (χ2v) is 6.12. The van der Waals surface area contributed by atoms with Crippen molar-refractivity contribution in [2.24, 2.45) is 0 Å². The Labute approximate surface area is 149 Å². The Morgan fingerprint density at radius 1 is 1.08 bits per heavy atom. The minimum atomic E-state index is -0.510. The Kier molecular flexibility index (Phi) is 4.86. The number of aromatic nitrogens is 1. The molecule has 0 unspecified atom stereocenters. The number of nitrogen functional groups attached to an aromatic ring is 1. The van der Waals surface area contributed by atoms with Crippen molar-refractivity contribution in [1.82, 2.24) is 4.98 Å². The zero-order valence-electron chi connectivity index (χ0n) is 13.5. The first-order chi connectivity index (χ1) is 12.0. The number of nitrogens with zero attached hydrogens (tertiary/aromatic N) is 1. The predicted molar refractivity (Wildman–Crippen MR) is 97.3 cm³/mol. The van der Waals surface area contributed by atoms with Gasteiger partial charge in [0.05, 0.1) is 5.69 Å². The van der Waals surface area contributed by atoms with Crippen LogP contribution in [0.25, 0.3) is 0 Å². The topological polar surface area (TPSA) is 50.9 Å². The third-order valence-corrected chi connectivity index (χ3v) is 4.26. The molecule has 0 saturated carbocycles. The highest BCUT2D eigenvalue weighted by atomic mass is 35.5. The van der Waals surface area contributed by atoms with E-state index in [1.807, 2.05) is 25.1 Å². The van der Waals surface area contributed by atoms with Crippen LogP contribution in [0.3, 0.4) is 0 Å². The lowest BCUT2D eigenvalue weighted by molar-refractivity contribution is 0.613. The van der Waals surface area contributed by atoms with E-state index in [2.05, 4.69) is 10.3 Å². The van der Waals surface area contributed by atoms with E-state index in [1.54, 1.807) is 18.2 Å². The molecule has 0 amide bonds. The van der Waals surface area contributed by atoms with E-state index < -0.39 is 11.6 Å². The smallest absolute Gasteiger partial charge is 0.168 e.